The van der Waals surface area contributed by atoms with Crippen LogP contribution in [-0.2, 0) is 6.42 Å². The summed E-state index contributed by atoms with van der Waals surface area (Å²) in [5.41, 5.74) is 8.67. The van der Waals surface area contributed by atoms with Crippen LogP contribution in [0.15, 0.2) is 54.6 Å². The molecule has 104 valence electrons. The van der Waals surface area contributed by atoms with E-state index in [9.17, 15) is 4.79 Å². The van der Waals surface area contributed by atoms with E-state index < -0.39 is 0 Å². The van der Waals surface area contributed by atoms with Crippen molar-refractivity contribution in [1.29, 1.82) is 0 Å². The second kappa shape index (κ2) is 6.87. The average Bonchev–Trinajstić information content (AvgIpc) is 2.53. The van der Waals surface area contributed by atoms with Crippen LogP contribution in [0.3, 0.4) is 0 Å². The number of nitrogens with one attached hydrogen (secondary N) is 1. The summed E-state index contributed by atoms with van der Waals surface area (Å²) in [5, 5.41) is 2.97. The van der Waals surface area contributed by atoms with E-state index in [1.165, 1.54) is 5.56 Å². The molecule has 0 heterocycles. The predicted octanol–water partition coefficient (Wildman–Crippen LogP) is 2.68. The molecule has 2 aromatic rings. The van der Waals surface area contributed by atoms with Gasteiger partial charge in [-0.05, 0) is 29.7 Å². The first-order valence-corrected chi connectivity index (χ1v) is 6.89. The van der Waals surface area contributed by atoms with Crippen LogP contribution in [0.25, 0.3) is 0 Å². The Bertz CT molecular complexity index is 549. The Morgan fingerprint density at radius 1 is 1.10 bits per heavy atom. The monoisotopic (exact) mass is 268 g/mol. The third-order valence-corrected chi connectivity index (χ3v) is 3.37. The standard InChI is InChI=1S/C17H20N2O/c1-2-13-8-10-15(11-9-13)17(20)19-16(12-18)14-6-4-3-5-7-14/h3-11,16H,2,12,18H2,1H3,(H,19,20). The Morgan fingerprint density at radius 3 is 2.30 bits per heavy atom. The molecule has 0 aliphatic carbocycles. The number of benzene rings is 2. The van der Waals surface area contributed by atoms with E-state index in [1.807, 2.05) is 54.6 Å². The molecule has 1 atom stereocenters. The minimum Gasteiger partial charge on any atom is -0.344 e. The molecule has 1 unspecified atom stereocenters. The third kappa shape index (κ3) is 3.45. The molecule has 20 heavy (non-hydrogen) atoms. The van der Waals surface area contributed by atoms with Crippen molar-refractivity contribution in [3.8, 4) is 0 Å². The van der Waals surface area contributed by atoms with Crippen LogP contribution in [0.4, 0.5) is 0 Å². The van der Waals surface area contributed by atoms with E-state index in [2.05, 4.69) is 12.2 Å². The van der Waals surface area contributed by atoms with E-state index in [4.69, 9.17) is 5.73 Å². The van der Waals surface area contributed by atoms with Crippen LogP contribution in [0.2, 0.25) is 0 Å². The lowest BCUT2D eigenvalue weighted by Gasteiger charge is -2.17. The van der Waals surface area contributed by atoms with Gasteiger partial charge >= 0.3 is 0 Å². The molecule has 3 heteroatoms. The maximum absolute atomic E-state index is 12.2. The highest BCUT2D eigenvalue weighted by Crippen LogP contribution is 2.12. The molecule has 0 spiro atoms. The largest absolute Gasteiger partial charge is 0.344 e. The van der Waals surface area contributed by atoms with Gasteiger partial charge in [0.1, 0.15) is 0 Å². The van der Waals surface area contributed by atoms with Crippen LogP contribution < -0.4 is 11.1 Å². The van der Waals surface area contributed by atoms with E-state index in [0.29, 0.717) is 12.1 Å². The fraction of sp³-hybridized carbons (Fsp3) is 0.235. The first-order valence-electron chi connectivity index (χ1n) is 6.89. The van der Waals surface area contributed by atoms with Crippen molar-refractivity contribution < 1.29 is 4.79 Å². The second-order valence-corrected chi connectivity index (χ2v) is 4.72. The zero-order valence-electron chi connectivity index (χ0n) is 11.7. The Labute approximate surface area is 119 Å². The molecule has 1 amide bonds. The van der Waals surface area contributed by atoms with Crippen LogP contribution >= 0.6 is 0 Å². The van der Waals surface area contributed by atoms with Gasteiger partial charge in [-0.3, -0.25) is 4.79 Å². The Hall–Kier alpha value is -2.13. The molecule has 2 aromatic carbocycles. The fourth-order valence-corrected chi connectivity index (χ4v) is 2.10. The van der Waals surface area contributed by atoms with Gasteiger partial charge < -0.3 is 11.1 Å². The quantitative estimate of drug-likeness (QED) is 0.876. The number of amides is 1. The van der Waals surface area contributed by atoms with Gasteiger partial charge in [-0.25, -0.2) is 0 Å². The summed E-state index contributed by atoms with van der Waals surface area (Å²) in [5.74, 6) is -0.0908. The number of hydrogen-bond acceptors (Lipinski definition) is 2. The Balaban J connectivity index is 2.09. The molecule has 0 aromatic heterocycles. The Kier molecular flexibility index (Phi) is 4.91. The van der Waals surface area contributed by atoms with Crippen LogP contribution in [0, 0.1) is 0 Å². The van der Waals surface area contributed by atoms with Crippen molar-refractivity contribution in [1.82, 2.24) is 5.32 Å². The lowest BCUT2D eigenvalue weighted by Crippen LogP contribution is -2.33. The summed E-state index contributed by atoms with van der Waals surface area (Å²) in [6.07, 6.45) is 0.970. The van der Waals surface area contributed by atoms with Crippen LogP contribution in [-0.4, -0.2) is 12.5 Å². The van der Waals surface area contributed by atoms with E-state index in [1.54, 1.807) is 0 Å². The number of hydrogen-bond donors (Lipinski definition) is 2. The van der Waals surface area contributed by atoms with Gasteiger partial charge in [0.25, 0.3) is 5.91 Å². The van der Waals surface area contributed by atoms with Crippen LogP contribution in [0.5, 0.6) is 0 Å². The van der Waals surface area contributed by atoms with Gasteiger partial charge in [0.05, 0.1) is 6.04 Å². The molecule has 0 bridgehead atoms. The molecule has 0 radical (unpaired) electrons. The highest BCUT2D eigenvalue weighted by atomic mass is 16.1. The highest BCUT2D eigenvalue weighted by molar-refractivity contribution is 5.94. The van der Waals surface area contributed by atoms with Crippen molar-refractivity contribution in [3.05, 3.63) is 71.3 Å². The second-order valence-electron chi connectivity index (χ2n) is 4.72. The maximum atomic E-state index is 12.2. The molecule has 0 fully saturated rings. The zero-order valence-corrected chi connectivity index (χ0v) is 11.7. The number of carbonyl (C=O) groups excluding carboxylic acids is 1. The molecular weight excluding hydrogens is 248 g/mol. The van der Waals surface area contributed by atoms with E-state index >= 15 is 0 Å². The first kappa shape index (κ1) is 14.3. The fourth-order valence-electron chi connectivity index (χ4n) is 2.10. The van der Waals surface area contributed by atoms with Gasteiger partial charge in [-0.1, -0.05) is 49.4 Å². The third-order valence-electron chi connectivity index (χ3n) is 3.37. The predicted molar refractivity (Wildman–Crippen MR) is 81.5 cm³/mol. The van der Waals surface area contributed by atoms with Gasteiger partial charge in [0.15, 0.2) is 0 Å². The smallest absolute Gasteiger partial charge is 0.251 e. The minimum absolute atomic E-state index is 0.0908. The maximum Gasteiger partial charge on any atom is 0.251 e. The molecule has 0 saturated heterocycles. The highest BCUT2D eigenvalue weighted by Gasteiger charge is 2.13. The van der Waals surface area contributed by atoms with Crippen molar-refractivity contribution in [2.75, 3.05) is 6.54 Å². The van der Waals surface area contributed by atoms with Gasteiger partial charge in [-0.2, -0.15) is 0 Å². The molecule has 0 aliphatic rings. The van der Waals surface area contributed by atoms with Crippen LogP contribution in [0.1, 0.15) is 34.5 Å². The van der Waals surface area contributed by atoms with Gasteiger partial charge in [-0.15, -0.1) is 0 Å². The lowest BCUT2D eigenvalue weighted by molar-refractivity contribution is 0.0938. The van der Waals surface area contributed by atoms with Gasteiger partial charge in [0.2, 0.25) is 0 Å². The number of carbonyl (C=O) groups is 1. The summed E-state index contributed by atoms with van der Waals surface area (Å²) in [6.45, 7) is 2.47. The Morgan fingerprint density at radius 2 is 1.75 bits per heavy atom. The van der Waals surface area contributed by atoms with E-state index in [0.717, 1.165) is 12.0 Å². The van der Waals surface area contributed by atoms with Crippen molar-refractivity contribution >= 4 is 5.91 Å². The van der Waals surface area contributed by atoms with Gasteiger partial charge in [0, 0.05) is 12.1 Å². The lowest BCUT2D eigenvalue weighted by atomic mass is 10.1. The summed E-state index contributed by atoms with van der Waals surface area (Å²) in [6, 6.07) is 17.3. The molecule has 3 nitrogen and oxygen atoms in total. The topological polar surface area (TPSA) is 55.1 Å². The number of nitrogens with two attached hydrogens (primary N) is 1. The summed E-state index contributed by atoms with van der Waals surface area (Å²) >= 11 is 0. The normalized spacial score (nSPS) is 11.9. The number of aryl methyl sites for hydroxylation is 1. The van der Waals surface area contributed by atoms with Crippen molar-refractivity contribution in [3.63, 3.8) is 0 Å². The molecule has 0 saturated carbocycles. The van der Waals surface area contributed by atoms with Crippen molar-refractivity contribution in [2.45, 2.75) is 19.4 Å². The van der Waals surface area contributed by atoms with Crippen molar-refractivity contribution in [2.24, 2.45) is 5.73 Å². The minimum atomic E-state index is -0.158. The molecule has 2 rings (SSSR count). The molecular formula is C17H20N2O. The molecule has 0 aliphatic heterocycles. The zero-order chi connectivity index (χ0) is 14.4. The first-order chi connectivity index (χ1) is 9.74. The SMILES string of the molecule is CCc1ccc(C(=O)NC(CN)c2ccccc2)cc1. The molecule has 3 N–H and O–H groups in total. The summed E-state index contributed by atoms with van der Waals surface area (Å²) in [4.78, 5) is 12.2. The number of rotatable bonds is 5. The van der Waals surface area contributed by atoms with E-state index in [-0.39, 0.29) is 11.9 Å². The summed E-state index contributed by atoms with van der Waals surface area (Å²) < 4.78 is 0. The summed E-state index contributed by atoms with van der Waals surface area (Å²) in [7, 11) is 0. The average molecular weight is 268 g/mol.